The molecule has 6 unspecified atom stereocenters. The van der Waals surface area contributed by atoms with E-state index in [4.69, 9.17) is 4.74 Å². The summed E-state index contributed by atoms with van der Waals surface area (Å²) in [5, 5.41) is 15.3. The molecule has 3 saturated carbocycles. The fourth-order valence-corrected chi connectivity index (χ4v) is 4.52. The van der Waals surface area contributed by atoms with Gasteiger partial charge in [0.1, 0.15) is 0 Å². The lowest BCUT2D eigenvalue weighted by atomic mass is 9.84. The summed E-state index contributed by atoms with van der Waals surface area (Å²) in [6.07, 6.45) is 5.91. The molecule has 3 rings (SSSR count). The van der Waals surface area contributed by atoms with Crippen molar-refractivity contribution >= 4 is 12.0 Å². The molecule has 118 valence electrons. The highest BCUT2D eigenvalue weighted by Gasteiger charge is 2.51. The zero-order chi connectivity index (χ0) is 15.0. The van der Waals surface area contributed by atoms with Crippen LogP contribution < -0.4 is 10.6 Å². The van der Waals surface area contributed by atoms with Gasteiger partial charge in [-0.15, -0.1) is 0 Å². The molecule has 0 heterocycles. The van der Waals surface area contributed by atoms with Gasteiger partial charge in [-0.05, 0) is 50.4 Å². The van der Waals surface area contributed by atoms with Crippen LogP contribution in [0, 0.1) is 17.8 Å². The Balaban J connectivity index is 1.54. The fourth-order valence-electron chi connectivity index (χ4n) is 4.52. The molecule has 3 N–H and O–H groups in total. The van der Waals surface area contributed by atoms with Crippen molar-refractivity contribution in [3.63, 3.8) is 0 Å². The Kier molecular flexibility index (Phi) is 4.06. The van der Waals surface area contributed by atoms with Crippen LogP contribution >= 0.6 is 0 Å². The van der Waals surface area contributed by atoms with Crippen LogP contribution in [0.15, 0.2) is 0 Å². The molecule has 6 atom stereocenters. The number of carbonyl (C=O) groups is 2. The van der Waals surface area contributed by atoms with Gasteiger partial charge < -0.3 is 20.5 Å². The lowest BCUT2D eigenvalue weighted by Crippen LogP contribution is -2.51. The van der Waals surface area contributed by atoms with Gasteiger partial charge in [0.25, 0.3) is 0 Å². The molecule has 0 aromatic carbocycles. The van der Waals surface area contributed by atoms with E-state index >= 15 is 0 Å². The summed E-state index contributed by atoms with van der Waals surface area (Å²) in [5.41, 5.74) is 0. The van der Waals surface area contributed by atoms with Crippen LogP contribution in [-0.4, -0.2) is 42.4 Å². The first-order valence-corrected chi connectivity index (χ1v) is 7.91. The third-order valence-electron chi connectivity index (χ3n) is 5.55. The number of methoxy groups -OCH3 is 1. The Hall–Kier alpha value is -1.30. The quantitative estimate of drug-likeness (QED) is 0.731. The number of ether oxygens (including phenoxy) is 1. The van der Waals surface area contributed by atoms with Crippen molar-refractivity contribution in [2.75, 3.05) is 7.11 Å². The van der Waals surface area contributed by atoms with Gasteiger partial charge in [0, 0.05) is 19.2 Å². The molecule has 21 heavy (non-hydrogen) atoms. The molecule has 6 heteroatoms. The van der Waals surface area contributed by atoms with Gasteiger partial charge in [-0.1, -0.05) is 0 Å². The summed E-state index contributed by atoms with van der Waals surface area (Å²) in [6.45, 7) is 0. The monoisotopic (exact) mass is 296 g/mol. The predicted molar refractivity (Wildman–Crippen MR) is 75.8 cm³/mol. The highest BCUT2D eigenvalue weighted by Crippen LogP contribution is 2.48. The predicted octanol–water partition coefficient (Wildman–Crippen LogP) is 1.35. The summed E-state index contributed by atoms with van der Waals surface area (Å²) in [6, 6.07) is -0.293. The van der Waals surface area contributed by atoms with Gasteiger partial charge in [0.2, 0.25) is 0 Å². The van der Waals surface area contributed by atoms with Crippen molar-refractivity contribution in [3.05, 3.63) is 0 Å². The van der Waals surface area contributed by atoms with E-state index in [2.05, 4.69) is 10.6 Å². The Morgan fingerprint density at radius 3 is 2.48 bits per heavy atom. The molecule has 2 amide bonds. The molecule has 3 fully saturated rings. The molecular formula is C15H24N2O4. The molecule has 0 saturated heterocycles. The molecule has 3 aliphatic carbocycles. The van der Waals surface area contributed by atoms with E-state index in [0.717, 1.165) is 38.5 Å². The Morgan fingerprint density at radius 2 is 1.81 bits per heavy atom. The molecule has 0 aliphatic heterocycles. The zero-order valence-electron chi connectivity index (χ0n) is 12.4. The van der Waals surface area contributed by atoms with Crippen LogP contribution in [0.1, 0.15) is 38.5 Å². The average Bonchev–Trinajstić information content (AvgIpc) is 3.13. The van der Waals surface area contributed by atoms with Crippen molar-refractivity contribution in [1.82, 2.24) is 10.6 Å². The van der Waals surface area contributed by atoms with Gasteiger partial charge in [-0.2, -0.15) is 0 Å². The van der Waals surface area contributed by atoms with Gasteiger partial charge in [-0.3, -0.25) is 4.79 Å². The summed E-state index contributed by atoms with van der Waals surface area (Å²) in [7, 11) is 1.69. The SMILES string of the molecule is COC1CCC(NC(=O)NC2C3CCC(C3)C2C(=O)O)C1. The molecule has 2 bridgehead atoms. The van der Waals surface area contributed by atoms with Crippen molar-refractivity contribution in [3.8, 4) is 0 Å². The molecule has 0 spiro atoms. The van der Waals surface area contributed by atoms with Gasteiger partial charge in [0.15, 0.2) is 0 Å². The number of urea groups is 1. The second-order valence-corrected chi connectivity index (χ2v) is 6.71. The fraction of sp³-hybridized carbons (Fsp3) is 0.867. The number of amides is 2. The second kappa shape index (κ2) is 5.83. The normalized spacial score (nSPS) is 41.2. The van der Waals surface area contributed by atoms with Gasteiger partial charge in [-0.25, -0.2) is 4.79 Å². The number of fused-ring (bicyclic) bond motifs is 2. The Morgan fingerprint density at radius 1 is 1.05 bits per heavy atom. The number of hydrogen-bond donors (Lipinski definition) is 3. The van der Waals surface area contributed by atoms with Gasteiger partial charge in [0.05, 0.1) is 12.0 Å². The maximum Gasteiger partial charge on any atom is 0.315 e. The zero-order valence-corrected chi connectivity index (χ0v) is 12.4. The van der Waals surface area contributed by atoms with Crippen LogP contribution in [0.3, 0.4) is 0 Å². The van der Waals surface area contributed by atoms with E-state index in [1.54, 1.807) is 7.11 Å². The number of hydrogen-bond acceptors (Lipinski definition) is 3. The number of aliphatic carboxylic acids is 1. The van der Waals surface area contributed by atoms with E-state index in [1.165, 1.54) is 0 Å². The van der Waals surface area contributed by atoms with Crippen LogP contribution in [-0.2, 0) is 9.53 Å². The number of carboxylic acid groups (broad SMARTS) is 1. The average molecular weight is 296 g/mol. The Labute approximate surface area is 124 Å². The van der Waals surface area contributed by atoms with E-state index in [0.29, 0.717) is 5.92 Å². The minimum atomic E-state index is -0.771. The maximum absolute atomic E-state index is 12.1. The minimum Gasteiger partial charge on any atom is -0.481 e. The van der Waals surface area contributed by atoms with Crippen LogP contribution in [0.5, 0.6) is 0 Å². The first-order valence-electron chi connectivity index (χ1n) is 7.91. The van der Waals surface area contributed by atoms with Crippen molar-refractivity contribution in [2.24, 2.45) is 17.8 Å². The third-order valence-corrected chi connectivity index (χ3v) is 5.55. The van der Waals surface area contributed by atoms with E-state index in [-0.39, 0.29) is 30.1 Å². The van der Waals surface area contributed by atoms with Crippen LogP contribution in [0.25, 0.3) is 0 Å². The van der Waals surface area contributed by atoms with Gasteiger partial charge >= 0.3 is 12.0 Å². The third kappa shape index (κ3) is 2.86. The van der Waals surface area contributed by atoms with Crippen molar-refractivity contribution in [2.45, 2.75) is 56.7 Å². The molecule has 3 aliphatic rings. The number of rotatable bonds is 4. The second-order valence-electron chi connectivity index (χ2n) is 6.71. The van der Waals surface area contributed by atoms with Crippen LogP contribution in [0.4, 0.5) is 4.79 Å². The van der Waals surface area contributed by atoms with Crippen LogP contribution in [0.2, 0.25) is 0 Å². The summed E-state index contributed by atoms with van der Waals surface area (Å²) < 4.78 is 5.30. The lowest BCUT2D eigenvalue weighted by molar-refractivity contribution is -0.144. The standard InChI is InChI=1S/C15H24N2O4/c1-21-11-5-4-10(7-11)16-15(20)17-13-9-3-2-8(6-9)12(13)14(18)19/h8-13H,2-7H2,1H3,(H,18,19)(H2,16,17,20). The molecule has 0 radical (unpaired) electrons. The lowest BCUT2D eigenvalue weighted by Gasteiger charge is -2.29. The largest absolute Gasteiger partial charge is 0.481 e. The highest BCUT2D eigenvalue weighted by atomic mass is 16.5. The first-order chi connectivity index (χ1) is 10.1. The molecule has 0 aromatic rings. The first kappa shape index (κ1) is 14.6. The highest BCUT2D eigenvalue weighted by molar-refractivity contribution is 5.77. The summed E-state index contributed by atoms with van der Waals surface area (Å²) >= 11 is 0. The van der Waals surface area contributed by atoms with E-state index < -0.39 is 11.9 Å². The minimum absolute atomic E-state index is 0.136. The molecule has 6 nitrogen and oxygen atoms in total. The Bertz CT molecular complexity index is 428. The van der Waals surface area contributed by atoms with Crippen molar-refractivity contribution < 1.29 is 19.4 Å². The topological polar surface area (TPSA) is 87.7 Å². The van der Waals surface area contributed by atoms with E-state index in [1.807, 2.05) is 0 Å². The summed E-state index contributed by atoms with van der Waals surface area (Å²) in [4.78, 5) is 23.6. The molecule has 0 aromatic heterocycles. The van der Waals surface area contributed by atoms with Crippen molar-refractivity contribution in [1.29, 1.82) is 0 Å². The molecular weight excluding hydrogens is 272 g/mol. The van der Waals surface area contributed by atoms with E-state index in [9.17, 15) is 14.7 Å². The number of carbonyl (C=O) groups excluding carboxylic acids is 1. The number of nitrogens with one attached hydrogen (secondary N) is 2. The number of carboxylic acids is 1. The smallest absolute Gasteiger partial charge is 0.315 e. The summed E-state index contributed by atoms with van der Waals surface area (Å²) in [5.74, 6) is -0.614. The maximum atomic E-state index is 12.1.